The Labute approximate surface area is 126 Å². The number of hydrogen-bond donors (Lipinski definition) is 0. The van der Waals surface area contributed by atoms with Crippen LogP contribution in [0.5, 0.6) is 0 Å². The van der Waals surface area contributed by atoms with Gasteiger partial charge in [-0.15, -0.1) is 0 Å². The summed E-state index contributed by atoms with van der Waals surface area (Å²) in [6.45, 7) is 0. The molecule has 0 amide bonds. The van der Waals surface area contributed by atoms with Gasteiger partial charge in [-0.1, -0.05) is 24.3 Å². The van der Waals surface area contributed by atoms with E-state index in [1.807, 2.05) is 18.2 Å². The molecule has 0 aliphatic rings. The van der Waals surface area contributed by atoms with Crippen LogP contribution in [0.15, 0.2) is 48.8 Å². The summed E-state index contributed by atoms with van der Waals surface area (Å²) in [6.07, 6.45) is 3.53. The molecule has 0 spiro atoms. The molecule has 0 bridgehead atoms. The Bertz CT molecular complexity index is 740. The maximum absolute atomic E-state index is 10.8. The van der Waals surface area contributed by atoms with Gasteiger partial charge in [0.2, 0.25) is 0 Å². The Morgan fingerprint density at radius 3 is 2.56 bits per heavy atom. The summed E-state index contributed by atoms with van der Waals surface area (Å²) in [7, 11) is 0. The number of carboxylic acids is 1. The molecule has 0 radical (unpaired) electrons. The van der Waals surface area contributed by atoms with E-state index in [1.54, 1.807) is 30.6 Å². The first-order valence-corrected chi connectivity index (χ1v) is 5.23. The second kappa shape index (κ2) is 5.06. The predicted octanol–water partition coefficient (Wildman–Crippen LogP) is -1.24. The SMILES string of the molecule is O=C([O-])c1ccc2c(ccc3ccncc32)c1.[Na+]. The Morgan fingerprint density at radius 2 is 1.78 bits per heavy atom. The zero-order valence-electron chi connectivity index (χ0n) is 9.88. The Hall–Kier alpha value is -1.42. The van der Waals surface area contributed by atoms with Gasteiger partial charge in [0.1, 0.15) is 0 Å². The number of carbonyl (C=O) groups is 1. The number of carbonyl (C=O) groups excluding carboxylic acids is 1. The molecule has 0 saturated carbocycles. The predicted molar refractivity (Wildman–Crippen MR) is 63.6 cm³/mol. The van der Waals surface area contributed by atoms with Gasteiger partial charge < -0.3 is 9.90 Å². The fraction of sp³-hybridized carbons (Fsp3) is 0. The van der Waals surface area contributed by atoms with E-state index in [-0.39, 0.29) is 35.1 Å². The molecular weight excluding hydrogens is 237 g/mol. The molecule has 3 nitrogen and oxygen atoms in total. The zero-order chi connectivity index (χ0) is 11.8. The van der Waals surface area contributed by atoms with Crippen molar-refractivity contribution >= 4 is 27.5 Å². The van der Waals surface area contributed by atoms with Crippen molar-refractivity contribution in [3.8, 4) is 0 Å². The zero-order valence-corrected chi connectivity index (χ0v) is 11.9. The molecule has 0 aliphatic carbocycles. The van der Waals surface area contributed by atoms with Crippen LogP contribution in [0.2, 0.25) is 0 Å². The van der Waals surface area contributed by atoms with Crippen molar-refractivity contribution in [2.24, 2.45) is 0 Å². The van der Waals surface area contributed by atoms with E-state index >= 15 is 0 Å². The number of hydrogen-bond acceptors (Lipinski definition) is 3. The fourth-order valence-electron chi connectivity index (χ4n) is 2.03. The number of nitrogens with zero attached hydrogens (tertiary/aromatic N) is 1. The monoisotopic (exact) mass is 245 g/mol. The summed E-state index contributed by atoms with van der Waals surface area (Å²) in [4.78, 5) is 14.9. The average molecular weight is 245 g/mol. The van der Waals surface area contributed by atoms with Crippen molar-refractivity contribution < 1.29 is 39.5 Å². The maximum Gasteiger partial charge on any atom is 1.00 e. The van der Waals surface area contributed by atoms with Crippen molar-refractivity contribution in [3.05, 3.63) is 54.4 Å². The van der Waals surface area contributed by atoms with Crippen LogP contribution in [0.25, 0.3) is 21.5 Å². The summed E-state index contributed by atoms with van der Waals surface area (Å²) < 4.78 is 0. The largest absolute Gasteiger partial charge is 1.00 e. The van der Waals surface area contributed by atoms with Crippen LogP contribution >= 0.6 is 0 Å². The van der Waals surface area contributed by atoms with Crippen LogP contribution in [0.1, 0.15) is 10.4 Å². The molecular formula is C14H8NNaO2. The first-order chi connectivity index (χ1) is 8.25. The third-order valence-corrected chi connectivity index (χ3v) is 2.87. The molecule has 0 aliphatic heterocycles. The van der Waals surface area contributed by atoms with Crippen molar-refractivity contribution in [3.63, 3.8) is 0 Å². The second-order valence-corrected chi connectivity index (χ2v) is 3.89. The maximum atomic E-state index is 10.8. The van der Waals surface area contributed by atoms with E-state index in [2.05, 4.69) is 4.98 Å². The minimum atomic E-state index is -1.15. The van der Waals surface area contributed by atoms with Crippen LogP contribution in [0, 0.1) is 0 Å². The summed E-state index contributed by atoms with van der Waals surface area (Å²) >= 11 is 0. The van der Waals surface area contributed by atoms with E-state index in [0.717, 1.165) is 21.5 Å². The van der Waals surface area contributed by atoms with Crippen LogP contribution in [0.4, 0.5) is 0 Å². The standard InChI is InChI=1S/C14H9NO2.Na/c16-14(17)11-3-4-12-10(7-11)2-1-9-5-6-15-8-13(9)12;/h1-8H,(H,16,17);/q;+1/p-1. The van der Waals surface area contributed by atoms with Gasteiger partial charge in [0.15, 0.2) is 0 Å². The molecule has 0 saturated heterocycles. The molecule has 0 atom stereocenters. The molecule has 1 aromatic heterocycles. The van der Waals surface area contributed by atoms with Crippen LogP contribution in [-0.2, 0) is 0 Å². The first kappa shape index (κ1) is 13.0. The summed E-state index contributed by atoms with van der Waals surface area (Å²) in [5.74, 6) is -1.15. The summed E-state index contributed by atoms with van der Waals surface area (Å²) in [5, 5.41) is 14.8. The minimum Gasteiger partial charge on any atom is -0.545 e. The van der Waals surface area contributed by atoms with E-state index in [1.165, 1.54) is 0 Å². The smallest absolute Gasteiger partial charge is 0.545 e. The Morgan fingerprint density at radius 1 is 1.00 bits per heavy atom. The van der Waals surface area contributed by atoms with E-state index in [4.69, 9.17) is 0 Å². The molecule has 0 fully saturated rings. The quantitative estimate of drug-likeness (QED) is 0.398. The number of aromatic carboxylic acids is 1. The average Bonchev–Trinajstić information content (AvgIpc) is 2.38. The Kier molecular flexibility index (Phi) is 3.66. The van der Waals surface area contributed by atoms with Crippen molar-refractivity contribution in [1.82, 2.24) is 4.98 Å². The number of carboxylic acid groups (broad SMARTS) is 1. The van der Waals surface area contributed by atoms with E-state index < -0.39 is 5.97 Å². The van der Waals surface area contributed by atoms with Gasteiger partial charge in [0, 0.05) is 17.8 Å². The van der Waals surface area contributed by atoms with Crippen LogP contribution in [0.3, 0.4) is 0 Å². The van der Waals surface area contributed by atoms with E-state index in [9.17, 15) is 9.90 Å². The number of pyridine rings is 1. The number of benzene rings is 2. The molecule has 18 heavy (non-hydrogen) atoms. The molecule has 82 valence electrons. The van der Waals surface area contributed by atoms with Gasteiger partial charge in [-0.05, 0) is 33.9 Å². The molecule has 2 aromatic carbocycles. The van der Waals surface area contributed by atoms with E-state index in [0.29, 0.717) is 0 Å². The molecule has 3 aromatic rings. The summed E-state index contributed by atoms with van der Waals surface area (Å²) in [6, 6.07) is 10.8. The van der Waals surface area contributed by atoms with Crippen LogP contribution < -0.4 is 34.7 Å². The number of aromatic nitrogens is 1. The minimum absolute atomic E-state index is 0. The van der Waals surface area contributed by atoms with Crippen molar-refractivity contribution in [1.29, 1.82) is 0 Å². The summed E-state index contributed by atoms with van der Waals surface area (Å²) in [5.41, 5.74) is 0.195. The normalized spacial score (nSPS) is 10.2. The molecule has 4 heteroatoms. The third-order valence-electron chi connectivity index (χ3n) is 2.87. The van der Waals surface area contributed by atoms with Gasteiger partial charge in [0.25, 0.3) is 0 Å². The Balaban J connectivity index is 0.00000120. The number of rotatable bonds is 1. The molecule has 0 N–H and O–H groups in total. The molecule has 3 rings (SSSR count). The van der Waals surface area contributed by atoms with Gasteiger partial charge >= 0.3 is 29.6 Å². The number of fused-ring (bicyclic) bond motifs is 3. The van der Waals surface area contributed by atoms with Crippen molar-refractivity contribution in [2.45, 2.75) is 0 Å². The molecule has 0 unspecified atom stereocenters. The van der Waals surface area contributed by atoms with Crippen LogP contribution in [-0.4, -0.2) is 11.0 Å². The van der Waals surface area contributed by atoms with Gasteiger partial charge in [-0.2, -0.15) is 0 Å². The van der Waals surface area contributed by atoms with Crippen molar-refractivity contribution in [2.75, 3.05) is 0 Å². The van der Waals surface area contributed by atoms with Gasteiger partial charge in [-0.3, -0.25) is 4.98 Å². The third kappa shape index (κ3) is 2.12. The topological polar surface area (TPSA) is 53.0 Å². The van der Waals surface area contributed by atoms with Gasteiger partial charge in [-0.25, -0.2) is 0 Å². The fourth-order valence-corrected chi connectivity index (χ4v) is 2.03. The second-order valence-electron chi connectivity index (χ2n) is 3.89. The molecule has 1 heterocycles. The first-order valence-electron chi connectivity index (χ1n) is 5.23. The van der Waals surface area contributed by atoms with Gasteiger partial charge in [0.05, 0.1) is 5.97 Å².